The number of hydrogen-bond acceptors (Lipinski definition) is 3. The minimum Gasteiger partial charge on any atom is -0.363 e. The van der Waals surface area contributed by atoms with Gasteiger partial charge in [-0.1, -0.05) is 39.7 Å². The quantitative estimate of drug-likeness (QED) is 0.751. The second-order valence-corrected chi connectivity index (χ2v) is 6.82. The summed E-state index contributed by atoms with van der Waals surface area (Å²) in [5.74, 6) is 2.20. The smallest absolute Gasteiger partial charge is 0.137 e. The van der Waals surface area contributed by atoms with Crippen LogP contribution in [0.4, 0.5) is 5.82 Å². The molecular weight excluding hydrogens is 350 g/mol. The SMILES string of the molecule is Cc1c(Cl)nc(C2CC2)nc1NC(C)c1cccc(Br)c1. The molecule has 1 atom stereocenters. The average molecular weight is 367 g/mol. The van der Waals surface area contributed by atoms with Crippen molar-refractivity contribution in [2.24, 2.45) is 0 Å². The number of benzene rings is 1. The third-order valence-corrected chi connectivity index (χ3v) is 4.61. The summed E-state index contributed by atoms with van der Waals surface area (Å²) in [5.41, 5.74) is 2.11. The average Bonchev–Trinajstić information content (AvgIpc) is 3.28. The van der Waals surface area contributed by atoms with E-state index < -0.39 is 0 Å². The monoisotopic (exact) mass is 365 g/mol. The summed E-state index contributed by atoms with van der Waals surface area (Å²) in [6.07, 6.45) is 2.33. The van der Waals surface area contributed by atoms with Crippen LogP contribution in [0.5, 0.6) is 0 Å². The Labute approximate surface area is 138 Å². The molecule has 0 aliphatic heterocycles. The van der Waals surface area contributed by atoms with Crippen LogP contribution in [0.3, 0.4) is 0 Å². The highest BCUT2D eigenvalue weighted by Gasteiger charge is 2.28. The van der Waals surface area contributed by atoms with Gasteiger partial charge in [-0.25, -0.2) is 9.97 Å². The van der Waals surface area contributed by atoms with Crippen molar-refractivity contribution >= 4 is 33.3 Å². The van der Waals surface area contributed by atoms with Crippen LogP contribution >= 0.6 is 27.5 Å². The van der Waals surface area contributed by atoms with Crippen molar-refractivity contribution in [1.29, 1.82) is 0 Å². The van der Waals surface area contributed by atoms with E-state index in [0.717, 1.165) is 21.7 Å². The maximum absolute atomic E-state index is 6.25. The Balaban J connectivity index is 1.86. The summed E-state index contributed by atoms with van der Waals surface area (Å²) in [5, 5.41) is 4.01. The molecule has 1 heterocycles. The zero-order valence-corrected chi connectivity index (χ0v) is 14.4. The van der Waals surface area contributed by atoms with Crippen molar-refractivity contribution in [3.8, 4) is 0 Å². The van der Waals surface area contributed by atoms with Crippen LogP contribution in [0.25, 0.3) is 0 Å². The summed E-state index contributed by atoms with van der Waals surface area (Å²) in [6, 6.07) is 8.42. The molecule has 0 saturated heterocycles. The molecule has 5 heteroatoms. The van der Waals surface area contributed by atoms with Crippen LogP contribution < -0.4 is 5.32 Å². The normalized spacial score (nSPS) is 15.8. The Hall–Kier alpha value is -1.13. The Morgan fingerprint density at radius 2 is 2.10 bits per heavy atom. The van der Waals surface area contributed by atoms with Gasteiger partial charge < -0.3 is 5.32 Å². The molecule has 1 fully saturated rings. The molecular formula is C16H17BrClN3. The Morgan fingerprint density at radius 3 is 2.76 bits per heavy atom. The standard InChI is InChI=1S/C16H17BrClN3/c1-9-14(18)20-16(11-6-7-11)21-15(9)19-10(2)12-4-3-5-13(17)8-12/h3-5,8,10-11H,6-7H2,1-2H3,(H,19,20,21). The Kier molecular flexibility index (Phi) is 4.18. The fourth-order valence-electron chi connectivity index (χ4n) is 2.23. The third kappa shape index (κ3) is 3.38. The van der Waals surface area contributed by atoms with Gasteiger partial charge in [0.2, 0.25) is 0 Å². The third-order valence-electron chi connectivity index (χ3n) is 3.75. The van der Waals surface area contributed by atoms with E-state index in [1.807, 2.05) is 19.1 Å². The highest BCUT2D eigenvalue weighted by atomic mass is 79.9. The molecule has 1 aromatic carbocycles. The largest absolute Gasteiger partial charge is 0.363 e. The molecule has 3 rings (SSSR count). The highest BCUT2D eigenvalue weighted by molar-refractivity contribution is 9.10. The van der Waals surface area contributed by atoms with Crippen LogP contribution in [0.1, 0.15) is 48.7 Å². The molecule has 1 aromatic heterocycles. The molecule has 1 saturated carbocycles. The molecule has 0 amide bonds. The van der Waals surface area contributed by atoms with E-state index in [4.69, 9.17) is 11.6 Å². The number of nitrogens with one attached hydrogen (secondary N) is 1. The van der Waals surface area contributed by atoms with Crippen LogP contribution in [0.15, 0.2) is 28.7 Å². The van der Waals surface area contributed by atoms with Crippen LogP contribution in [0, 0.1) is 6.92 Å². The first kappa shape index (κ1) is 14.8. The van der Waals surface area contributed by atoms with Gasteiger partial charge in [-0.05, 0) is 44.4 Å². The van der Waals surface area contributed by atoms with Gasteiger partial charge in [0.15, 0.2) is 0 Å². The van der Waals surface area contributed by atoms with E-state index in [1.165, 1.54) is 18.4 Å². The molecule has 2 aromatic rings. The number of aromatic nitrogens is 2. The summed E-state index contributed by atoms with van der Waals surface area (Å²) < 4.78 is 1.07. The predicted octanol–water partition coefficient (Wildman–Crippen LogP) is 5.25. The van der Waals surface area contributed by atoms with Crippen LogP contribution in [-0.2, 0) is 0 Å². The van der Waals surface area contributed by atoms with Gasteiger partial charge in [-0.3, -0.25) is 0 Å². The lowest BCUT2D eigenvalue weighted by Gasteiger charge is -2.18. The number of nitrogens with zero attached hydrogens (tertiary/aromatic N) is 2. The van der Waals surface area contributed by atoms with Gasteiger partial charge in [-0.2, -0.15) is 0 Å². The topological polar surface area (TPSA) is 37.8 Å². The van der Waals surface area contributed by atoms with Crippen LogP contribution in [0.2, 0.25) is 5.15 Å². The van der Waals surface area contributed by atoms with E-state index in [0.29, 0.717) is 11.1 Å². The Bertz CT molecular complexity index is 671. The van der Waals surface area contributed by atoms with Gasteiger partial charge in [0.25, 0.3) is 0 Å². The molecule has 1 aliphatic carbocycles. The summed E-state index contributed by atoms with van der Waals surface area (Å²) in [4.78, 5) is 9.06. The van der Waals surface area contributed by atoms with Gasteiger partial charge in [0, 0.05) is 22.0 Å². The fraction of sp³-hybridized carbons (Fsp3) is 0.375. The molecule has 0 spiro atoms. The van der Waals surface area contributed by atoms with E-state index >= 15 is 0 Å². The number of anilines is 1. The number of rotatable bonds is 4. The van der Waals surface area contributed by atoms with Crippen LogP contribution in [-0.4, -0.2) is 9.97 Å². The van der Waals surface area contributed by atoms with E-state index in [9.17, 15) is 0 Å². The predicted molar refractivity (Wildman–Crippen MR) is 89.9 cm³/mol. The fourth-order valence-corrected chi connectivity index (χ4v) is 2.83. The first-order chi connectivity index (χ1) is 10.0. The second kappa shape index (κ2) is 5.93. The number of halogens is 2. The minimum absolute atomic E-state index is 0.152. The number of hydrogen-bond donors (Lipinski definition) is 1. The first-order valence-corrected chi connectivity index (χ1v) is 8.27. The van der Waals surface area contributed by atoms with Crippen molar-refractivity contribution < 1.29 is 0 Å². The van der Waals surface area contributed by atoms with E-state index in [1.54, 1.807) is 0 Å². The lowest BCUT2D eigenvalue weighted by atomic mass is 10.1. The summed E-state index contributed by atoms with van der Waals surface area (Å²) in [7, 11) is 0. The summed E-state index contributed by atoms with van der Waals surface area (Å²) >= 11 is 9.75. The second-order valence-electron chi connectivity index (χ2n) is 5.54. The molecule has 1 N–H and O–H groups in total. The van der Waals surface area contributed by atoms with Crippen molar-refractivity contribution in [2.75, 3.05) is 5.32 Å². The van der Waals surface area contributed by atoms with E-state index in [2.05, 4.69) is 50.3 Å². The van der Waals surface area contributed by atoms with E-state index in [-0.39, 0.29) is 6.04 Å². The van der Waals surface area contributed by atoms with Gasteiger partial charge in [-0.15, -0.1) is 0 Å². The first-order valence-electron chi connectivity index (χ1n) is 7.10. The lowest BCUT2D eigenvalue weighted by molar-refractivity contribution is 0.847. The zero-order chi connectivity index (χ0) is 15.0. The zero-order valence-electron chi connectivity index (χ0n) is 12.0. The van der Waals surface area contributed by atoms with Gasteiger partial charge >= 0.3 is 0 Å². The maximum atomic E-state index is 6.25. The summed E-state index contributed by atoms with van der Waals surface area (Å²) in [6.45, 7) is 4.07. The van der Waals surface area contributed by atoms with Crippen molar-refractivity contribution in [3.63, 3.8) is 0 Å². The maximum Gasteiger partial charge on any atom is 0.137 e. The van der Waals surface area contributed by atoms with Gasteiger partial charge in [0.1, 0.15) is 16.8 Å². The highest BCUT2D eigenvalue weighted by Crippen LogP contribution is 2.39. The molecule has 0 bridgehead atoms. The molecule has 1 unspecified atom stereocenters. The Morgan fingerprint density at radius 1 is 1.33 bits per heavy atom. The molecule has 0 radical (unpaired) electrons. The van der Waals surface area contributed by atoms with Crippen molar-refractivity contribution in [3.05, 3.63) is 50.8 Å². The van der Waals surface area contributed by atoms with Crippen molar-refractivity contribution in [1.82, 2.24) is 9.97 Å². The lowest BCUT2D eigenvalue weighted by Crippen LogP contribution is -2.11. The molecule has 110 valence electrons. The minimum atomic E-state index is 0.152. The van der Waals surface area contributed by atoms with Gasteiger partial charge in [0.05, 0.1) is 0 Å². The molecule has 1 aliphatic rings. The molecule has 21 heavy (non-hydrogen) atoms. The van der Waals surface area contributed by atoms with Crippen molar-refractivity contribution in [2.45, 2.75) is 38.6 Å². The molecule has 3 nitrogen and oxygen atoms in total.